The lowest BCUT2D eigenvalue weighted by Crippen LogP contribution is -2.20. The van der Waals surface area contributed by atoms with Gasteiger partial charge in [-0.25, -0.2) is 13.8 Å². The molecule has 4 N–H and O–H groups in total. The van der Waals surface area contributed by atoms with Gasteiger partial charge in [0.05, 0.1) is 28.1 Å². The molecule has 1 heterocycles. The van der Waals surface area contributed by atoms with Gasteiger partial charge in [-0.05, 0) is 98.7 Å². The molecule has 4 rings (SSSR count). The van der Waals surface area contributed by atoms with Crippen molar-refractivity contribution in [2.75, 3.05) is 36.2 Å². The average Bonchev–Trinajstić information content (AvgIpc) is 3.45. The molecule has 298 valence electrons. The second-order valence-electron chi connectivity index (χ2n) is 11.6. The minimum absolute atomic E-state index is 0. The highest BCUT2D eigenvalue weighted by Crippen LogP contribution is 2.32. The first-order valence-electron chi connectivity index (χ1n) is 16.4. The third-order valence-corrected chi connectivity index (χ3v) is 7.63. The van der Waals surface area contributed by atoms with Crippen molar-refractivity contribution in [2.45, 2.75) is 94.3 Å². The summed E-state index contributed by atoms with van der Waals surface area (Å²) in [6.45, 7) is 18.8. The quantitative estimate of drug-likeness (QED) is 0.0548. The maximum absolute atomic E-state index is 13.4. The van der Waals surface area contributed by atoms with Gasteiger partial charge in [-0.15, -0.1) is 0 Å². The summed E-state index contributed by atoms with van der Waals surface area (Å²) in [5.74, 6) is -1.54. The second-order valence-corrected chi connectivity index (χ2v) is 14.4. The molecule has 0 bridgehead atoms. The van der Waals surface area contributed by atoms with Crippen LogP contribution in [-0.4, -0.2) is 52.9 Å². The number of nitro groups is 1. The lowest BCUT2D eigenvalue weighted by Gasteiger charge is -2.15. The minimum Gasteiger partial charge on any atom is -0.395 e. The lowest BCUT2D eigenvalue weighted by atomic mass is 10.2. The zero-order valence-electron chi connectivity index (χ0n) is 30.7. The molecule has 17 heteroatoms. The number of benzene rings is 3. The summed E-state index contributed by atoms with van der Waals surface area (Å²) in [4.78, 5) is 14.0. The number of nitrogen functional groups attached to an aromatic ring is 1. The highest BCUT2D eigenvalue weighted by atomic mass is 79.9. The van der Waals surface area contributed by atoms with Crippen molar-refractivity contribution < 1.29 is 32.3 Å². The number of nitrogens with zero attached hydrogens (tertiary/aromatic N) is 3. The van der Waals surface area contributed by atoms with Crippen LogP contribution >= 0.6 is 47.8 Å². The molecule has 3 aromatic carbocycles. The van der Waals surface area contributed by atoms with Crippen LogP contribution in [0.25, 0.3) is 11.0 Å². The summed E-state index contributed by atoms with van der Waals surface area (Å²) >= 11 is 9.56. The number of nitro benzene ring substituents is 1. The number of imidazole rings is 1. The molecule has 0 fully saturated rings. The summed E-state index contributed by atoms with van der Waals surface area (Å²) in [5, 5.41) is 16.5. The standard InChI is InChI=1S/C10H10BrFN2.C9H10BrFN2O2.C9H12BrFN2.C7H16O3.CH4/c1-6(2)14-5-13-10-8(12)3-7(11)4-9(10)14;1-5(2)12-8-4-6(10)3-7(11)9(8)13(14)15;1-5(2)13-8-4-6(10)3-7(11)9(8)12;1-4-8-7(9-5-2)10-6-3;/h3-6H,1-2H3;3-5,12H,1-2H3;3-5,13H,12H2,1-2H3;7H,4-6H2,1-3H3;1H4. The van der Waals surface area contributed by atoms with E-state index in [0.29, 0.717) is 40.0 Å². The first-order chi connectivity index (χ1) is 24.4. The van der Waals surface area contributed by atoms with Crippen LogP contribution in [0.3, 0.4) is 0 Å². The Balaban J connectivity index is 0.000000683. The largest absolute Gasteiger partial charge is 0.395 e. The van der Waals surface area contributed by atoms with E-state index in [1.54, 1.807) is 12.4 Å². The highest BCUT2D eigenvalue weighted by Gasteiger charge is 2.21. The predicted molar refractivity (Wildman–Crippen MR) is 220 cm³/mol. The summed E-state index contributed by atoms with van der Waals surface area (Å²) in [5.41, 5.74) is 7.25. The molecular weight excluding hydrogens is 893 g/mol. The van der Waals surface area contributed by atoms with E-state index in [9.17, 15) is 23.3 Å². The molecule has 53 heavy (non-hydrogen) atoms. The molecule has 4 aromatic rings. The van der Waals surface area contributed by atoms with E-state index in [0.717, 1.165) is 16.1 Å². The number of anilines is 3. The average molecular weight is 946 g/mol. The topological polar surface area (TPSA) is 139 Å². The molecule has 1 aromatic heterocycles. The number of rotatable bonds is 12. The summed E-state index contributed by atoms with van der Waals surface area (Å²) < 4.78 is 58.9. The number of nitrogens with two attached hydrogens (primary N) is 1. The van der Waals surface area contributed by atoms with E-state index >= 15 is 0 Å². The van der Waals surface area contributed by atoms with Crippen LogP contribution in [0.15, 0.2) is 56.1 Å². The number of aromatic nitrogens is 2. The number of hydrogen-bond acceptors (Lipinski definition) is 9. The summed E-state index contributed by atoms with van der Waals surface area (Å²) in [6, 6.07) is 9.50. The van der Waals surface area contributed by atoms with Crippen LogP contribution in [0.1, 0.15) is 75.8 Å². The SMILES string of the molecule is C.CC(C)Nc1cc(Br)cc(F)c1N.CC(C)Nc1cc(Br)cc(F)c1[N+](=O)[O-].CC(C)n1cnc2c(F)cc(Br)cc21.CCOC(OCC)OCC. The van der Waals surface area contributed by atoms with Crippen LogP contribution in [0, 0.1) is 27.6 Å². The van der Waals surface area contributed by atoms with Crippen molar-refractivity contribution in [3.05, 3.63) is 83.7 Å². The molecule has 0 aliphatic rings. The third kappa shape index (κ3) is 17.4. The predicted octanol–water partition coefficient (Wildman–Crippen LogP) is 11.8. The smallest absolute Gasteiger partial charge is 0.327 e. The monoisotopic (exact) mass is 942 g/mol. The second kappa shape index (κ2) is 25.2. The molecule has 0 radical (unpaired) electrons. The van der Waals surface area contributed by atoms with Crippen molar-refractivity contribution in [3.63, 3.8) is 0 Å². The normalized spacial score (nSPS) is 10.6. The van der Waals surface area contributed by atoms with E-state index in [2.05, 4.69) is 63.4 Å². The van der Waals surface area contributed by atoms with Crippen LogP contribution in [0.2, 0.25) is 0 Å². The van der Waals surface area contributed by atoms with Crippen LogP contribution < -0.4 is 16.4 Å². The van der Waals surface area contributed by atoms with Gasteiger partial charge in [0.2, 0.25) is 5.82 Å². The van der Waals surface area contributed by atoms with E-state index in [4.69, 9.17) is 19.9 Å². The fraction of sp³-hybridized carbons (Fsp3) is 0.472. The lowest BCUT2D eigenvalue weighted by molar-refractivity contribution is -0.386. The minimum atomic E-state index is -0.850. The Labute approximate surface area is 336 Å². The van der Waals surface area contributed by atoms with Crippen LogP contribution in [0.4, 0.5) is 35.9 Å². The van der Waals surface area contributed by atoms with Gasteiger partial charge in [0.25, 0.3) is 6.48 Å². The van der Waals surface area contributed by atoms with Crippen molar-refractivity contribution in [1.29, 1.82) is 0 Å². The zero-order valence-corrected chi connectivity index (χ0v) is 35.5. The van der Waals surface area contributed by atoms with Gasteiger partial charge in [0.15, 0.2) is 5.82 Å². The van der Waals surface area contributed by atoms with Crippen molar-refractivity contribution in [3.8, 4) is 0 Å². The molecule has 0 saturated carbocycles. The van der Waals surface area contributed by atoms with Crippen molar-refractivity contribution in [1.82, 2.24) is 9.55 Å². The van der Waals surface area contributed by atoms with E-state index in [-0.39, 0.29) is 42.7 Å². The van der Waals surface area contributed by atoms with Gasteiger partial charge < -0.3 is 35.1 Å². The number of nitrogens with one attached hydrogen (secondary N) is 2. The van der Waals surface area contributed by atoms with E-state index < -0.39 is 28.7 Å². The highest BCUT2D eigenvalue weighted by molar-refractivity contribution is 9.11. The molecule has 0 unspecified atom stereocenters. The maximum atomic E-state index is 13.4. The molecule has 0 aliphatic carbocycles. The van der Waals surface area contributed by atoms with Crippen molar-refractivity contribution >= 4 is 81.6 Å². The number of hydrogen-bond donors (Lipinski definition) is 3. The fourth-order valence-corrected chi connectivity index (χ4v) is 5.49. The maximum Gasteiger partial charge on any atom is 0.327 e. The molecular formula is C36H52Br3F3N6O5. The molecule has 0 spiro atoms. The Morgan fingerprint density at radius 2 is 1.21 bits per heavy atom. The van der Waals surface area contributed by atoms with Gasteiger partial charge in [-0.1, -0.05) is 55.2 Å². The molecule has 0 atom stereocenters. The van der Waals surface area contributed by atoms with E-state index in [1.165, 1.54) is 18.2 Å². The number of fused-ring (bicyclic) bond motifs is 1. The van der Waals surface area contributed by atoms with Crippen LogP contribution in [0.5, 0.6) is 0 Å². The summed E-state index contributed by atoms with van der Waals surface area (Å²) in [6.07, 6.45) is 1.67. The van der Waals surface area contributed by atoms with Gasteiger partial charge in [0.1, 0.15) is 17.0 Å². The molecule has 0 saturated heterocycles. The number of ether oxygens (including phenoxy) is 3. The van der Waals surface area contributed by atoms with Gasteiger partial charge >= 0.3 is 5.69 Å². The first kappa shape index (κ1) is 50.0. The van der Waals surface area contributed by atoms with E-state index in [1.807, 2.05) is 72.9 Å². The van der Waals surface area contributed by atoms with Gasteiger partial charge in [0, 0.05) is 51.4 Å². The Kier molecular flexibility index (Phi) is 23.8. The molecule has 0 amide bonds. The Hall–Kier alpha value is -2.96. The van der Waals surface area contributed by atoms with Gasteiger partial charge in [-0.3, -0.25) is 10.1 Å². The Morgan fingerprint density at radius 1 is 0.774 bits per heavy atom. The van der Waals surface area contributed by atoms with Gasteiger partial charge in [-0.2, -0.15) is 4.39 Å². The molecule has 0 aliphatic heterocycles. The third-order valence-electron chi connectivity index (χ3n) is 6.26. The Morgan fingerprint density at radius 3 is 1.66 bits per heavy atom. The number of halogens is 6. The van der Waals surface area contributed by atoms with Crippen LogP contribution in [-0.2, 0) is 14.2 Å². The summed E-state index contributed by atoms with van der Waals surface area (Å²) in [7, 11) is 0. The fourth-order valence-electron chi connectivity index (χ4n) is 4.21. The first-order valence-corrected chi connectivity index (χ1v) is 18.8. The molecule has 11 nitrogen and oxygen atoms in total. The zero-order chi connectivity index (χ0) is 39.7. The van der Waals surface area contributed by atoms with Crippen molar-refractivity contribution in [2.24, 2.45) is 0 Å². The Bertz CT molecular complexity index is 1700.